The van der Waals surface area contributed by atoms with Crippen LogP contribution in [0.4, 0.5) is 5.69 Å². The van der Waals surface area contributed by atoms with Gasteiger partial charge in [0, 0.05) is 28.7 Å². The van der Waals surface area contributed by atoms with Gasteiger partial charge in [-0.05, 0) is 60.9 Å². The van der Waals surface area contributed by atoms with Gasteiger partial charge in [0.2, 0.25) is 11.8 Å². The second-order valence-electron chi connectivity index (χ2n) is 8.82. The highest BCUT2D eigenvalue weighted by molar-refractivity contribution is 9.10. The number of amides is 2. The molecule has 8 heteroatoms. The lowest BCUT2D eigenvalue weighted by Gasteiger charge is -2.17. The molecule has 0 aromatic heterocycles. The van der Waals surface area contributed by atoms with Crippen LogP contribution in [0.2, 0.25) is 0 Å². The summed E-state index contributed by atoms with van der Waals surface area (Å²) in [5.41, 5.74) is 6.06. The largest absolute Gasteiger partial charge is 0.490 e. The van der Waals surface area contributed by atoms with Gasteiger partial charge in [0.25, 0.3) is 0 Å². The second kappa shape index (κ2) is 13.1. The third-order valence-electron chi connectivity index (χ3n) is 6.07. The third-order valence-corrected chi connectivity index (χ3v) is 6.60. The summed E-state index contributed by atoms with van der Waals surface area (Å²) in [6.07, 6.45) is 4.09. The molecule has 38 heavy (non-hydrogen) atoms. The van der Waals surface area contributed by atoms with Crippen LogP contribution in [-0.2, 0) is 22.6 Å². The number of hydrogen-bond acceptors (Lipinski definition) is 5. The monoisotopic (exact) mass is 575 g/mol. The van der Waals surface area contributed by atoms with Crippen LogP contribution in [0.15, 0.2) is 89.0 Å². The first-order chi connectivity index (χ1) is 18.5. The molecule has 1 aliphatic rings. The number of nitrogens with zero attached hydrogens (tertiary/aromatic N) is 2. The summed E-state index contributed by atoms with van der Waals surface area (Å²) >= 11 is 3.45. The lowest BCUT2D eigenvalue weighted by Crippen LogP contribution is -2.30. The van der Waals surface area contributed by atoms with E-state index in [1.807, 2.05) is 73.7 Å². The van der Waals surface area contributed by atoms with Crippen LogP contribution in [0.25, 0.3) is 0 Å². The van der Waals surface area contributed by atoms with Gasteiger partial charge in [0.05, 0.1) is 18.7 Å². The van der Waals surface area contributed by atoms with Crippen molar-refractivity contribution in [2.45, 2.75) is 26.4 Å². The number of carbonyl (C=O) groups is 2. The van der Waals surface area contributed by atoms with Crippen LogP contribution in [-0.4, -0.2) is 31.2 Å². The molecule has 3 aromatic rings. The Morgan fingerprint density at radius 3 is 2.63 bits per heavy atom. The Morgan fingerprint density at radius 1 is 1.16 bits per heavy atom. The Hall–Kier alpha value is -3.91. The minimum absolute atomic E-state index is 0.0746. The van der Waals surface area contributed by atoms with Gasteiger partial charge in [-0.2, -0.15) is 5.10 Å². The molecule has 1 N–H and O–H groups in total. The van der Waals surface area contributed by atoms with Crippen molar-refractivity contribution in [2.75, 3.05) is 18.1 Å². The highest BCUT2D eigenvalue weighted by atomic mass is 79.9. The normalized spacial score (nSPS) is 15.1. The highest BCUT2D eigenvalue weighted by Crippen LogP contribution is 2.34. The maximum Gasteiger partial charge on any atom is 0.245 e. The molecule has 7 nitrogen and oxygen atoms in total. The van der Waals surface area contributed by atoms with E-state index in [2.05, 4.69) is 33.0 Å². The number of anilines is 1. The fraction of sp³-hybridized carbons (Fsp3) is 0.233. The summed E-state index contributed by atoms with van der Waals surface area (Å²) in [6.45, 7) is 6.96. The molecule has 0 saturated carbocycles. The average Bonchev–Trinajstić information content (AvgIpc) is 3.32. The number of ether oxygens (including phenoxy) is 2. The molecule has 0 bridgehead atoms. The fourth-order valence-corrected chi connectivity index (χ4v) is 4.49. The summed E-state index contributed by atoms with van der Waals surface area (Å²) in [6, 6.07) is 21.1. The summed E-state index contributed by atoms with van der Waals surface area (Å²) in [5, 5.41) is 4.16. The van der Waals surface area contributed by atoms with Gasteiger partial charge in [-0.1, -0.05) is 52.3 Å². The zero-order valence-electron chi connectivity index (χ0n) is 21.2. The summed E-state index contributed by atoms with van der Waals surface area (Å²) in [7, 11) is 0. The van der Waals surface area contributed by atoms with Crippen molar-refractivity contribution in [3.63, 3.8) is 0 Å². The number of para-hydroxylation sites is 1. The molecule has 1 saturated heterocycles. The molecule has 1 fully saturated rings. The number of halogens is 1. The quantitative estimate of drug-likeness (QED) is 0.182. The van der Waals surface area contributed by atoms with Gasteiger partial charge in [0.15, 0.2) is 11.5 Å². The van der Waals surface area contributed by atoms with Crippen LogP contribution in [0.3, 0.4) is 0 Å². The molecule has 0 radical (unpaired) electrons. The van der Waals surface area contributed by atoms with Crippen LogP contribution >= 0.6 is 15.9 Å². The van der Waals surface area contributed by atoms with Crippen molar-refractivity contribution >= 4 is 39.6 Å². The van der Waals surface area contributed by atoms with E-state index in [0.29, 0.717) is 37.7 Å². The van der Waals surface area contributed by atoms with E-state index < -0.39 is 5.92 Å². The van der Waals surface area contributed by atoms with Gasteiger partial charge in [-0.3, -0.25) is 9.59 Å². The molecule has 196 valence electrons. The SMILES string of the molecule is C=CCc1cc(/C=N\NC(=O)[C@H]2CC(=O)N(c3ccccc3)C2)cc(OCC)c1OCc1ccc(Br)cc1. The number of rotatable bonds is 11. The molecular formula is C30H30BrN3O4. The number of benzene rings is 3. The van der Waals surface area contributed by atoms with Crippen molar-refractivity contribution < 1.29 is 19.1 Å². The zero-order chi connectivity index (χ0) is 26.9. The lowest BCUT2D eigenvalue weighted by molar-refractivity contribution is -0.126. The van der Waals surface area contributed by atoms with E-state index >= 15 is 0 Å². The lowest BCUT2D eigenvalue weighted by atomic mass is 10.1. The first-order valence-electron chi connectivity index (χ1n) is 12.4. The fourth-order valence-electron chi connectivity index (χ4n) is 4.23. The smallest absolute Gasteiger partial charge is 0.245 e. The molecular weight excluding hydrogens is 546 g/mol. The van der Waals surface area contributed by atoms with Crippen LogP contribution in [0.1, 0.15) is 30.0 Å². The van der Waals surface area contributed by atoms with Gasteiger partial charge < -0.3 is 14.4 Å². The van der Waals surface area contributed by atoms with E-state index in [0.717, 1.165) is 26.9 Å². The Balaban J connectivity index is 1.45. The molecule has 0 aliphatic carbocycles. The first kappa shape index (κ1) is 27.1. The van der Waals surface area contributed by atoms with Crippen molar-refractivity contribution in [3.05, 3.63) is 101 Å². The van der Waals surface area contributed by atoms with Gasteiger partial charge in [-0.15, -0.1) is 6.58 Å². The van der Waals surface area contributed by atoms with Crippen molar-refractivity contribution in [2.24, 2.45) is 11.0 Å². The average molecular weight is 576 g/mol. The standard InChI is InChI=1S/C30H30BrN3O4/c1-3-8-23-15-22(16-27(37-4-2)29(23)38-20-21-11-13-25(31)14-12-21)18-32-33-30(36)24-17-28(35)34(19-24)26-9-6-5-7-10-26/h3,5-7,9-16,18,24H,1,4,8,17,19-20H2,2H3,(H,33,36)/b32-18-/t24-/m0/s1. The summed E-state index contributed by atoms with van der Waals surface area (Å²) in [4.78, 5) is 26.8. The van der Waals surface area contributed by atoms with Crippen LogP contribution in [0, 0.1) is 5.92 Å². The van der Waals surface area contributed by atoms with Crippen LogP contribution < -0.4 is 19.8 Å². The van der Waals surface area contributed by atoms with E-state index in [1.54, 1.807) is 17.2 Å². The van der Waals surface area contributed by atoms with Gasteiger partial charge >= 0.3 is 0 Å². The Morgan fingerprint density at radius 2 is 1.92 bits per heavy atom. The Bertz CT molecular complexity index is 1310. The van der Waals surface area contributed by atoms with Crippen molar-refractivity contribution in [3.8, 4) is 11.5 Å². The molecule has 3 aromatic carbocycles. The first-order valence-corrected chi connectivity index (χ1v) is 13.2. The highest BCUT2D eigenvalue weighted by Gasteiger charge is 2.35. The molecule has 1 aliphatic heterocycles. The minimum atomic E-state index is -0.468. The second-order valence-corrected chi connectivity index (χ2v) is 9.74. The van der Waals surface area contributed by atoms with E-state index in [-0.39, 0.29) is 18.2 Å². The molecule has 0 unspecified atom stereocenters. The van der Waals surface area contributed by atoms with Gasteiger partial charge in [0.1, 0.15) is 6.61 Å². The number of allylic oxidation sites excluding steroid dienone is 1. The summed E-state index contributed by atoms with van der Waals surface area (Å²) in [5.74, 6) is 0.413. The third kappa shape index (κ3) is 6.89. The zero-order valence-corrected chi connectivity index (χ0v) is 22.8. The predicted octanol–water partition coefficient (Wildman–Crippen LogP) is 5.66. The van der Waals surface area contributed by atoms with E-state index in [9.17, 15) is 9.59 Å². The van der Waals surface area contributed by atoms with E-state index in [1.165, 1.54) is 0 Å². The Labute approximate surface area is 231 Å². The number of hydrogen-bond donors (Lipinski definition) is 1. The number of hydrazone groups is 1. The molecule has 2 amide bonds. The van der Waals surface area contributed by atoms with Crippen molar-refractivity contribution in [1.82, 2.24) is 5.43 Å². The maximum absolute atomic E-state index is 12.7. The number of nitrogens with one attached hydrogen (secondary N) is 1. The Kier molecular flexibility index (Phi) is 9.32. The van der Waals surface area contributed by atoms with Gasteiger partial charge in [-0.25, -0.2) is 5.43 Å². The minimum Gasteiger partial charge on any atom is -0.490 e. The molecule has 0 spiro atoms. The van der Waals surface area contributed by atoms with Crippen molar-refractivity contribution in [1.29, 1.82) is 0 Å². The number of carbonyl (C=O) groups excluding carboxylic acids is 2. The topological polar surface area (TPSA) is 80.2 Å². The predicted molar refractivity (Wildman–Crippen MR) is 153 cm³/mol. The molecule has 1 atom stereocenters. The summed E-state index contributed by atoms with van der Waals surface area (Å²) < 4.78 is 13.1. The molecule has 4 rings (SSSR count). The van der Waals surface area contributed by atoms with Crippen LogP contribution in [0.5, 0.6) is 11.5 Å². The van der Waals surface area contributed by atoms with E-state index in [4.69, 9.17) is 9.47 Å². The molecule has 1 heterocycles. The maximum atomic E-state index is 12.7.